The highest BCUT2D eigenvalue weighted by molar-refractivity contribution is 5.94. The molecule has 1 unspecified atom stereocenters. The first-order valence-electron chi connectivity index (χ1n) is 8.79. The van der Waals surface area contributed by atoms with E-state index in [0.717, 1.165) is 19.3 Å². The highest BCUT2D eigenvalue weighted by atomic mass is 16.5. The molecule has 1 heterocycles. The van der Waals surface area contributed by atoms with Gasteiger partial charge < -0.3 is 15.4 Å². The molecule has 1 aromatic rings. The van der Waals surface area contributed by atoms with Gasteiger partial charge in [-0.3, -0.25) is 14.4 Å². The fourth-order valence-electron chi connectivity index (χ4n) is 3.14. The number of Topliss-reactive ketones (excluding diaryl/α,β-unsaturated/α-hetero) is 1. The number of benzene rings is 1. The highest BCUT2D eigenvalue weighted by Crippen LogP contribution is 2.21. The van der Waals surface area contributed by atoms with Gasteiger partial charge in [0.25, 0.3) is 0 Å². The summed E-state index contributed by atoms with van der Waals surface area (Å²) in [6.07, 6.45) is 4.03. The van der Waals surface area contributed by atoms with Crippen LogP contribution in [0.4, 0.5) is 0 Å². The molecule has 0 aromatic heterocycles. The summed E-state index contributed by atoms with van der Waals surface area (Å²) in [5.74, 6) is 0.307. The molecule has 1 aliphatic rings. The standard InChI is InChI=1S/C19H26N2O4/c1-14(22)15-6-4-8-17(12-15)25-11-5-9-19(24)21-10-3-2-7-16(21)13-18(20)23/h4,6,8,12,16H,2-3,5,7,9-11,13H2,1H3,(H2,20,23). The summed E-state index contributed by atoms with van der Waals surface area (Å²) in [5.41, 5.74) is 5.89. The minimum absolute atomic E-state index is 0.00813. The number of primary amides is 1. The molecule has 0 bridgehead atoms. The fraction of sp³-hybridized carbons (Fsp3) is 0.526. The van der Waals surface area contributed by atoms with Gasteiger partial charge in [0, 0.05) is 31.0 Å². The summed E-state index contributed by atoms with van der Waals surface area (Å²) in [6, 6.07) is 6.96. The molecule has 6 nitrogen and oxygen atoms in total. The summed E-state index contributed by atoms with van der Waals surface area (Å²) in [7, 11) is 0. The average Bonchev–Trinajstić information content (AvgIpc) is 2.58. The lowest BCUT2D eigenvalue weighted by atomic mass is 9.98. The molecular formula is C19H26N2O4. The summed E-state index contributed by atoms with van der Waals surface area (Å²) in [6.45, 7) is 2.61. The van der Waals surface area contributed by atoms with E-state index in [1.165, 1.54) is 6.92 Å². The van der Waals surface area contributed by atoms with Crippen LogP contribution in [0.2, 0.25) is 0 Å². The lowest BCUT2D eigenvalue weighted by Gasteiger charge is -2.35. The lowest BCUT2D eigenvalue weighted by Crippen LogP contribution is -2.45. The van der Waals surface area contributed by atoms with Crippen molar-refractivity contribution in [3.8, 4) is 5.75 Å². The molecule has 1 aromatic carbocycles. The molecule has 0 aliphatic carbocycles. The molecule has 1 atom stereocenters. The number of carbonyl (C=O) groups excluding carboxylic acids is 3. The van der Waals surface area contributed by atoms with Gasteiger partial charge in [-0.2, -0.15) is 0 Å². The monoisotopic (exact) mass is 346 g/mol. The third kappa shape index (κ3) is 5.89. The van der Waals surface area contributed by atoms with E-state index in [-0.39, 0.29) is 30.1 Å². The van der Waals surface area contributed by atoms with Crippen molar-refractivity contribution in [2.45, 2.75) is 51.5 Å². The predicted octanol–water partition coefficient (Wildman–Crippen LogP) is 2.30. The highest BCUT2D eigenvalue weighted by Gasteiger charge is 2.27. The van der Waals surface area contributed by atoms with Gasteiger partial charge in [-0.1, -0.05) is 12.1 Å². The van der Waals surface area contributed by atoms with Crippen molar-refractivity contribution in [2.75, 3.05) is 13.2 Å². The van der Waals surface area contributed by atoms with Crippen LogP contribution in [-0.2, 0) is 9.59 Å². The van der Waals surface area contributed by atoms with Crippen molar-refractivity contribution in [3.05, 3.63) is 29.8 Å². The Labute approximate surface area is 148 Å². The molecule has 1 saturated heterocycles. The number of rotatable bonds is 8. The summed E-state index contributed by atoms with van der Waals surface area (Å²) in [4.78, 5) is 36.7. The van der Waals surface area contributed by atoms with Gasteiger partial charge in [-0.25, -0.2) is 0 Å². The zero-order chi connectivity index (χ0) is 18.2. The van der Waals surface area contributed by atoms with Crippen molar-refractivity contribution in [1.82, 2.24) is 4.90 Å². The normalized spacial score (nSPS) is 17.2. The Morgan fingerprint density at radius 1 is 1.28 bits per heavy atom. The minimum atomic E-state index is -0.363. The molecule has 2 amide bonds. The third-order valence-electron chi connectivity index (χ3n) is 4.43. The van der Waals surface area contributed by atoms with Crippen molar-refractivity contribution in [1.29, 1.82) is 0 Å². The molecule has 6 heteroatoms. The number of hydrogen-bond acceptors (Lipinski definition) is 4. The van der Waals surface area contributed by atoms with Gasteiger partial charge >= 0.3 is 0 Å². The SMILES string of the molecule is CC(=O)c1cccc(OCCCC(=O)N2CCCCC2CC(N)=O)c1. The Hall–Kier alpha value is -2.37. The number of nitrogens with two attached hydrogens (primary N) is 1. The van der Waals surface area contributed by atoms with Crippen molar-refractivity contribution in [2.24, 2.45) is 5.73 Å². The first-order valence-corrected chi connectivity index (χ1v) is 8.79. The second-order valence-electron chi connectivity index (χ2n) is 6.44. The number of ketones is 1. The molecule has 1 aliphatic heterocycles. The van der Waals surface area contributed by atoms with Crippen molar-refractivity contribution in [3.63, 3.8) is 0 Å². The van der Waals surface area contributed by atoms with Crippen LogP contribution >= 0.6 is 0 Å². The maximum absolute atomic E-state index is 12.4. The summed E-state index contributed by atoms with van der Waals surface area (Å²) in [5, 5.41) is 0. The van der Waals surface area contributed by atoms with Gasteiger partial charge in [0.1, 0.15) is 5.75 Å². The maximum Gasteiger partial charge on any atom is 0.222 e. The van der Waals surface area contributed by atoms with E-state index in [2.05, 4.69) is 0 Å². The number of likely N-dealkylation sites (tertiary alicyclic amines) is 1. The minimum Gasteiger partial charge on any atom is -0.494 e. The topological polar surface area (TPSA) is 89.7 Å². The van der Waals surface area contributed by atoms with E-state index >= 15 is 0 Å². The second kappa shape index (κ2) is 9.20. The average molecular weight is 346 g/mol. The quantitative estimate of drug-likeness (QED) is 0.578. The van der Waals surface area contributed by atoms with Crippen molar-refractivity contribution < 1.29 is 19.1 Å². The predicted molar refractivity (Wildman–Crippen MR) is 94.3 cm³/mol. The van der Waals surface area contributed by atoms with Crippen LogP contribution in [0.1, 0.15) is 55.8 Å². The zero-order valence-corrected chi connectivity index (χ0v) is 14.7. The molecule has 1 fully saturated rings. The number of ether oxygens (including phenoxy) is 1. The van der Waals surface area contributed by atoms with E-state index in [1.807, 2.05) is 0 Å². The van der Waals surface area contributed by atoms with E-state index in [4.69, 9.17) is 10.5 Å². The Bertz CT molecular complexity index is 630. The molecule has 136 valence electrons. The Morgan fingerprint density at radius 2 is 2.08 bits per heavy atom. The Kier molecular flexibility index (Phi) is 6.98. The molecule has 0 radical (unpaired) electrons. The van der Waals surface area contributed by atoms with E-state index in [1.54, 1.807) is 29.2 Å². The number of hydrogen-bond donors (Lipinski definition) is 1. The van der Waals surface area contributed by atoms with Crippen LogP contribution in [-0.4, -0.2) is 41.7 Å². The first kappa shape index (κ1) is 19.0. The number of carbonyl (C=O) groups is 3. The summed E-state index contributed by atoms with van der Waals surface area (Å²) < 4.78 is 5.63. The number of nitrogens with zero attached hydrogens (tertiary/aromatic N) is 1. The van der Waals surface area contributed by atoms with Gasteiger partial charge in [0.05, 0.1) is 6.61 Å². The first-order chi connectivity index (χ1) is 12.0. The number of piperidine rings is 1. The smallest absolute Gasteiger partial charge is 0.222 e. The van der Waals surface area contributed by atoms with Gasteiger partial charge in [-0.05, 0) is 44.7 Å². The number of amides is 2. The molecule has 25 heavy (non-hydrogen) atoms. The molecular weight excluding hydrogens is 320 g/mol. The summed E-state index contributed by atoms with van der Waals surface area (Å²) >= 11 is 0. The van der Waals surface area contributed by atoms with Crippen LogP contribution < -0.4 is 10.5 Å². The third-order valence-corrected chi connectivity index (χ3v) is 4.43. The maximum atomic E-state index is 12.4. The van der Waals surface area contributed by atoms with Crippen LogP contribution in [0.15, 0.2) is 24.3 Å². The van der Waals surface area contributed by atoms with Crippen molar-refractivity contribution >= 4 is 17.6 Å². The Morgan fingerprint density at radius 3 is 2.80 bits per heavy atom. The lowest BCUT2D eigenvalue weighted by molar-refractivity contribution is -0.136. The van der Waals surface area contributed by atoms with Gasteiger partial charge in [-0.15, -0.1) is 0 Å². The molecule has 0 spiro atoms. The van der Waals surface area contributed by atoms with Crippen LogP contribution in [0.25, 0.3) is 0 Å². The van der Waals surface area contributed by atoms with Crippen LogP contribution in [0.3, 0.4) is 0 Å². The van der Waals surface area contributed by atoms with E-state index in [0.29, 0.717) is 37.3 Å². The van der Waals surface area contributed by atoms with Crippen LogP contribution in [0, 0.1) is 0 Å². The molecule has 0 saturated carbocycles. The van der Waals surface area contributed by atoms with E-state index in [9.17, 15) is 14.4 Å². The largest absolute Gasteiger partial charge is 0.494 e. The van der Waals surface area contributed by atoms with Crippen LogP contribution in [0.5, 0.6) is 5.75 Å². The Balaban J connectivity index is 1.78. The fourth-order valence-corrected chi connectivity index (χ4v) is 3.14. The molecule has 2 N–H and O–H groups in total. The van der Waals surface area contributed by atoms with Gasteiger partial charge in [0.2, 0.25) is 11.8 Å². The van der Waals surface area contributed by atoms with E-state index < -0.39 is 0 Å². The second-order valence-corrected chi connectivity index (χ2v) is 6.44. The molecule has 2 rings (SSSR count). The van der Waals surface area contributed by atoms with Gasteiger partial charge in [0.15, 0.2) is 5.78 Å². The zero-order valence-electron chi connectivity index (χ0n) is 14.7.